The van der Waals surface area contributed by atoms with Crippen molar-refractivity contribution >= 4 is 11.6 Å². The molecule has 0 aromatic heterocycles. The molecule has 1 amide bonds. The van der Waals surface area contributed by atoms with Gasteiger partial charge in [-0.05, 0) is 41.8 Å². The van der Waals surface area contributed by atoms with E-state index in [1.54, 1.807) is 31.4 Å². The van der Waals surface area contributed by atoms with Crippen LogP contribution in [0.25, 0.3) is 0 Å². The summed E-state index contributed by atoms with van der Waals surface area (Å²) in [6, 6.07) is 23.1. The van der Waals surface area contributed by atoms with Crippen LogP contribution in [0.3, 0.4) is 0 Å². The average Bonchev–Trinajstić information content (AvgIpc) is 2.74. The van der Waals surface area contributed by atoms with Gasteiger partial charge in [0.15, 0.2) is 11.5 Å². The van der Waals surface area contributed by atoms with Crippen LogP contribution in [-0.2, 0) is 6.42 Å². The molecular formula is C24H23NO3. The number of amides is 1. The zero-order valence-corrected chi connectivity index (χ0v) is 15.9. The summed E-state index contributed by atoms with van der Waals surface area (Å²) >= 11 is 0. The highest BCUT2D eigenvalue weighted by atomic mass is 16.5. The highest BCUT2D eigenvalue weighted by Gasteiger charge is 2.13. The van der Waals surface area contributed by atoms with E-state index in [1.807, 2.05) is 42.5 Å². The molecule has 0 unspecified atom stereocenters. The number of carbonyl (C=O) groups is 1. The van der Waals surface area contributed by atoms with E-state index in [9.17, 15) is 4.79 Å². The number of carbonyl (C=O) groups excluding carboxylic acids is 1. The highest BCUT2D eigenvalue weighted by Crippen LogP contribution is 2.29. The lowest BCUT2D eigenvalue weighted by Gasteiger charge is -2.13. The molecule has 0 aliphatic heterocycles. The molecule has 142 valence electrons. The number of rotatable bonds is 8. The van der Waals surface area contributed by atoms with Gasteiger partial charge in [0.2, 0.25) is 0 Å². The zero-order chi connectivity index (χ0) is 19.8. The van der Waals surface area contributed by atoms with E-state index in [4.69, 9.17) is 9.47 Å². The molecule has 28 heavy (non-hydrogen) atoms. The molecular weight excluding hydrogens is 350 g/mol. The number of ether oxygens (including phenoxy) is 2. The van der Waals surface area contributed by atoms with Crippen LogP contribution >= 0.6 is 0 Å². The van der Waals surface area contributed by atoms with Crippen molar-refractivity contribution in [1.82, 2.24) is 0 Å². The van der Waals surface area contributed by atoms with E-state index in [0.717, 1.165) is 17.7 Å². The molecule has 0 fully saturated rings. The summed E-state index contributed by atoms with van der Waals surface area (Å²) in [5.41, 5.74) is 3.54. The van der Waals surface area contributed by atoms with Crippen molar-refractivity contribution in [2.24, 2.45) is 0 Å². The van der Waals surface area contributed by atoms with Gasteiger partial charge in [-0.25, -0.2) is 0 Å². The van der Waals surface area contributed by atoms with Crippen LogP contribution < -0.4 is 14.8 Å². The summed E-state index contributed by atoms with van der Waals surface area (Å²) < 4.78 is 10.9. The van der Waals surface area contributed by atoms with Crippen molar-refractivity contribution < 1.29 is 14.3 Å². The number of hydrogen-bond acceptors (Lipinski definition) is 3. The van der Waals surface area contributed by atoms with Crippen molar-refractivity contribution in [3.8, 4) is 11.5 Å². The average molecular weight is 373 g/mol. The monoisotopic (exact) mass is 373 g/mol. The van der Waals surface area contributed by atoms with Gasteiger partial charge in [0.1, 0.15) is 6.61 Å². The van der Waals surface area contributed by atoms with Gasteiger partial charge in [-0.3, -0.25) is 4.79 Å². The Morgan fingerprint density at radius 3 is 2.50 bits per heavy atom. The first-order valence-electron chi connectivity index (χ1n) is 9.06. The SMILES string of the molecule is C=CCOc1ccc(C(=O)Nc2ccccc2Cc2ccccc2)cc1OC. The number of benzene rings is 3. The minimum absolute atomic E-state index is 0.200. The van der Waals surface area contributed by atoms with Crippen molar-refractivity contribution in [3.05, 3.63) is 102 Å². The van der Waals surface area contributed by atoms with Gasteiger partial charge in [0.25, 0.3) is 5.91 Å². The molecule has 1 N–H and O–H groups in total. The van der Waals surface area contributed by atoms with E-state index in [0.29, 0.717) is 23.7 Å². The predicted molar refractivity (Wildman–Crippen MR) is 112 cm³/mol. The second kappa shape index (κ2) is 9.42. The highest BCUT2D eigenvalue weighted by molar-refractivity contribution is 6.05. The topological polar surface area (TPSA) is 47.6 Å². The zero-order valence-electron chi connectivity index (χ0n) is 15.9. The maximum absolute atomic E-state index is 12.8. The Morgan fingerprint density at radius 1 is 1.00 bits per heavy atom. The van der Waals surface area contributed by atoms with Crippen LogP contribution in [0.5, 0.6) is 11.5 Å². The Kier molecular flexibility index (Phi) is 6.47. The molecule has 0 atom stereocenters. The second-order valence-corrected chi connectivity index (χ2v) is 6.24. The lowest BCUT2D eigenvalue weighted by atomic mass is 10.0. The summed E-state index contributed by atoms with van der Waals surface area (Å²) in [6.45, 7) is 4.00. The maximum Gasteiger partial charge on any atom is 0.255 e. The van der Waals surface area contributed by atoms with E-state index in [2.05, 4.69) is 24.0 Å². The summed E-state index contributed by atoms with van der Waals surface area (Å²) in [5.74, 6) is 0.879. The summed E-state index contributed by atoms with van der Waals surface area (Å²) in [5, 5.41) is 3.01. The third-order valence-corrected chi connectivity index (χ3v) is 4.29. The Labute approximate surface area is 165 Å². The second-order valence-electron chi connectivity index (χ2n) is 6.24. The largest absolute Gasteiger partial charge is 0.493 e. The Morgan fingerprint density at radius 2 is 1.75 bits per heavy atom. The van der Waals surface area contributed by atoms with Crippen molar-refractivity contribution in [3.63, 3.8) is 0 Å². The first kappa shape index (κ1) is 19.2. The molecule has 3 aromatic carbocycles. The summed E-state index contributed by atoms with van der Waals surface area (Å²) in [4.78, 5) is 12.8. The smallest absolute Gasteiger partial charge is 0.255 e. The molecule has 0 heterocycles. The summed E-state index contributed by atoms with van der Waals surface area (Å²) in [6.07, 6.45) is 2.40. The Bertz CT molecular complexity index is 951. The molecule has 0 aliphatic carbocycles. The lowest BCUT2D eigenvalue weighted by Crippen LogP contribution is -2.13. The van der Waals surface area contributed by atoms with Crippen molar-refractivity contribution in [2.45, 2.75) is 6.42 Å². The van der Waals surface area contributed by atoms with Crippen LogP contribution in [0.1, 0.15) is 21.5 Å². The number of methoxy groups -OCH3 is 1. The molecule has 0 spiro atoms. The maximum atomic E-state index is 12.8. The number of hydrogen-bond donors (Lipinski definition) is 1. The fourth-order valence-corrected chi connectivity index (χ4v) is 2.88. The molecule has 0 saturated heterocycles. The van der Waals surface area contributed by atoms with E-state index < -0.39 is 0 Å². The van der Waals surface area contributed by atoms with Crippen LogP contribution in [0.2, 0.25) is 0 Å². The van der Waals surface area contributed by atoms with Gasteiger partial charge in [0, 0.05) is 11.3 Å². The van der Waals surface area contributed by atoms with Gasteiger partial charge in [-0.15, -0.1) is 0 Å². The fourth-order valence-electron chi connectivity index (χ4n) is 2.88. The molecule has 4 nitrogen and oxygen atoms in total. The quantitative estimate of drug-likeness (QED) is 0.559. The molecule has 0 saturated carbocycles. The Hall–Kier alpha value is -3.53. The van der Waals surface area contributed by atoms with Gasteiger partial charge in [0.05, 0.1) is 7.11 Å². The lowest BCUT2D eigenvalue weighted by molar-refractivity contribution is 0.102. The Balaban J connectivity index is 1.79. The molecule has 0 aliphatic rings. The number of anilines is 1. The number of para-hydroxylation sites is 1. The normalized spacial score (nSPS) is 10.2. The fraction of sp³-hybridized carbons (Fsp3) is 0.125. The first-order valence-corrected chi connectivity index (χ1v) is 9.06. The van der Waals surface area contributed by atoms with Crippen LogP contribution in [0, 0.1) is 0 Å². The predicted octanol–water partition coefficient (Wildman–Crippen LogP) is 5.10. The van der Waals surface area contributed by atoms with Gasteiger partial charge in [-0.2, -0.15) is 0 Å². The number of nitrogens with one attached hydrogen (secondary N) is 1. The third-order valence-electron chi connectivity index (χ3n) is 4.29. The minimum Gasteiger partial charge on any atom is -0.493 e. The van der Waals surface area contributed by atoms with E-state index >= 15 is 0 Å². The van der Waals surface area contributed by atoms with Gasteiger partial charge >= 0.3 is 0 Å². The van der Waals surface area contributed by atoms with E-state index in [-0.39, 0.29) is 5.91 Å². The molecule has 4 heteroatoms. The van der Waals surface area contributed by atoms with Gasteiger partial charge in [-0.1, -0.05) is 61.2 Å². The van der Waals surface area contributed by atoms with E-state index in [1.165, 1.54) is 5.56 Å². The molecule has 3 aromatic rings. The third kappa shape index (κ3) is 4.80. The first-order chi connectivity index (χ1) is 13.7. The van der Waals surface area contributed by atoms with Crippen molar-refractivity contribution in [1.29, 1.82) is 0 Å². The summed E-state index contributed by atoms with van der Waals surface area (Å²) in [7, 11) is 1.55. The molecule has 0 radical (unpaired) electrons. The minimum atomic E-state index is -0.200. The van der Waals surface area contributed by atoms with Crippen LogP contribution in [-0.4, -0.2) is 19.6 Å². The molecule has 0 bridgehead atoms. The molecule has 3 rings (SSSR count). The van der Waals surface area contributed by atoms with Crippen molar-refractivity contribution in [2.75, 3.05) is 19.0 Å². The standard InChI is InChI=1S/C24H23NO3/c1-3-15-28-22-14-13-20(17-23(22)27-2)24(26)25-21-12-8-7-11-19(21)16-18-9-5-4-6-10-18/h3-14,17H,1,15-16H2,2H3,(H,25,26). The van der Waals surface area contributed by atoms with Crippen LogP contribution in [0.15, 0.2) is 85.5 Å². The van der Waals surface area contributed by atoms with Gasteiger partial charge < -0.3 is 14.8 Å². The van der Waals surface area contributed by atoms with Crippen LogP contribution in [0.4, 0.5) is 5.69 Å².